The smallest absolute Gasteiger partial charge is 0.330 e. The number of rotatable bonds is 12. The van der Waals surface area contributed by atoms with Crippen molar-refractivity contribution in [2.45, 2.75) is 47.1 Å². The van der Waals surface area contributed by atoms with E-state index in [2.05, 4.69) is 23.7 Å². The van der Waals surface area contributed by atoms with Gasteiger partial charge in [0.05, 0.1) is 13.2 Å². The molecule has 0 saturated heterocycles. The molecule has 0 aliphatic heterocycles. The van der Waals surface area contributed by atoms with Gasteiger partial charge in [-0.1, -0.05) is 27.7 Å². The Labute approximate surface area is 166 Å². The molecule has 1 aromatic heterocycles. The van der Waals surface area contributed by atoms with E-state index in [0.717, 1.165) is 25.9 Å². The molecule has 1 aromatic rings. The number of nitrogens with one attached hydrogen (secondary N) is 1. The highest BCUT2D eigenvalue weighted by Gasteiger charge is 2.25. The van der Waals surface area contributed by atoms with Gasteiger partial charge in [-0.2, -0.15) is 0 Å². The highest BCUT2D eigenvalue weighted by atomic mass is 16.5. The Morgan fingerprint density at radius 2 is 1.79 bits per heavy atom. The van der Waals surface area contributed by atoms with Gasteiger partial charge in [0, 0.05) is 20.2 Å². The molecule has 1 amide bonds. The molecule has 0 radical (unpaired) electrons. The molecule has 0 fully saturated rings. The first-order valence-corrected chi connectivity index (χ1v) is 9.90. The molecule has 0 unspecified atom stereocenters. The first kappa shape index (κ1) is 23.9. The van der Waals surface area contributed by atoms with Crippen LogP contribution in [-0.4, -0.2) is 60.3 Å². The Balaban J connectivity index is 3.34. The lowest BCUT2D eigenvalue weighted by Crippen LogP contribution is -2.46. The molecule has 0 aliphatic rings. The summed E-state index contributed by atoms with van der Waals surface area (Å²) in [5.41, 5.74) is 4.96. The van der Waals surface area contributed by atoms with E-state index >= 15 is 0 Å². The van der Waals surface area contributed by atoms with Crippen molar-refractivity contribution < 1.29 is 9.53 Å². The van der Waals surface area contributed by atoms with E-state index in [0.29, 0.717) is 6.54 Å². The second-order valence-corrected chi connectivity index (χ2v) is 7.31. The van der Waals surface area contributed by atoms with Gasteiger partial charge in [0.2, 0.25) is 5.91 Å². The van der Waals surface area contributed by atoms with Crippen LogP contribution in [-0.2, 0) is 16.1 Å². The number of nitrogens with zero attached hydrogens (tertiary/aromatic N) is 3. The lowest BCUT2D eigenvalue weighted by atomic mass is 10.2. The van der Waals surface area contributed by atoms with Gasteiger partial charge in [-0.05, 0) is 31.8 Å². The summed E-state index contributed by atoms with van der Waals surface area (Å²) in [6, 6.07) is 0. The molecule has 0 aliphatic carbocycles. The van der Waals surface area contributed by atoms with Crippen LogP contribution in [0.25, 0.3) is 0 Å². The Morgan fingerprint density at radius 1 is 1.18 bits per heavy atom. The van der Waals surface area contributed by atoms with Gasteiger partial charge in [-0.25, -0.2) is 4.79 Å². The number of H-pyrrole nitrogens is 1. The third kappa shape index (κ3) is 6.49. The monoisotopic (exact) mass is 397 g/mol. The van der Waals surface area contributed by atoms with Crippen LogP contribution in [0.1, 0.15) is 40.5 Å². The summed E-state index contributed by atoms with van der Waals surface area (Å²) >= 11 is 0. The topological polar surface area (TPSA) is 114 Å². The molecule has 3 N–H and O–H groups in total. The maximum absolute atomic E-state index is 13.1. The molecule has 1 rings (SSSR count). The van der Waals surface area contributed by atoms with Crippen LogP contribution in [0.4, 0.5) is 11.5 Å². The van der Waals surface area contributed by atoms with Crippen molar-refractivity contribution >= 4 is 17.4 Å². The minimum Gasteiger partial charge on any atom is -0.383 e. The molecule has 28 heavy (non-hydrogen) atoms. The van der Waals surface area contributed by atoms with Crippen molar-refractivity contribution in [2.24, 2.45) is 5.92 Å². The minimum atomic E-state index is -0.663. The van der Waals surface area contributed by atoms with Gasteiger partial charge in [-0.3, -0.25) is 24.0 Å². The van der Waals surface area contributed by atoms with Crippen molar-refractivity contribution in [3.63, 3.8) is 0 Å². The maximum atomic E-state index is 13.1. The maximum Gasteiger partial charge on any atom is 0.330 e. The van der Waals surface area contributed by atoms with Gasteiger partial charge in [-0.15, -0.1) is 0 Å². The Bertz CT molecular complexity index is 735. The lowest BCUT2D eigenvalue weighted by molar-refractivity contribution is -0.120. The largest absolute Gasteiger partial charge is 0.383 e. The number of carbonyl (C=O) groups is 1. The van der Waals surface area contributed by atoms with Crippen molar-refractivity contribution in [3.05, 3.63) is 20.8 Å². The number of hydrogen-bond acceptors (Lipinski definition) is 6. The quantitative estimate of drug-likeness (QED) is 0.541. The molecule has 0 aromatic carbocycles. The van der Waals surface area contributed by atoms with E-state index in [4.69, 9.17) is 10.5 Å². The lowest BCUT2D eigenvalue weighted by Gasteiger charge is -2.28. The number of hydrogen-bond donors (Lipinski definition) is 2. The minimum absolute atomic E-state index is 0.00411. The Hall–Kier alpha value is -2.13. The van der Waals surface area contributed by atoms with E-state index in [1.54, 1.807) is 0 Å². The second-order valence-electron chi connectivity index (χ2n) is 7.31. The van der Waals surface area contributed by atoms with Crippen molar-refractivity contribution in [3.8, 4) is 0 Å². The van der Waals surface area contributed by atoms with Crippen LogP contribution in [0.15, 0.2) is 9.59 Å². The number of anilines is 2. The fourth-order valence-electron chi connectivity index (χ4n) is 3.11. The molecule has 0 atom stereocenters. The summed E-state index contributed by atoms with van der Waals surface area (Å²) in [5.74, 6) is -0.0955. The summed E-state index contributed by atoms with van der Waals surface area (Å²) < 4.78 is 6.42. The molecule has 0 spiro atoms. The molecule has 1 heterocycles. The third-order valence-corrected chi connectivity index (χ3v) is 4.29. The zero-order chi connectivity index (χ0) is 21.3. The van der Waals surface area contributed by atoms with Crippen LogP contribution in [0.5, 0.6) is 0 Å². The number of aromatic nitrogens is 2. The second kappa shape index (κ2) is 11.7. The normalized spacial score (nSPS) is 11.4. The van der Waals surface area contributed by atoms with E-state index in [1.165, 1.54) is 16.6 Å². The highest BCUT2D eigenvalue weighted by molar-refractivity contribution is 5.96. The standard InChI is InChI=1S/C19H35N5O4/c1-6-8-22(9-7-2)13-15(25)23(10-11-28-5)16-17(20)24(12-14(3)4)19(27)21-18(16)26/h14H,6-13,20H2,1-5H3,(H,21,26,27). The van der Waals surface area contributed by atoms with Crippen LogP contribution < -0.4 is 21.9 Å². The molecule has 9 nitrogen and oxygen atoms in total. The molecule has 9 heteroatoms. The van der Waals surface area contributed by atoms with Crippen LogP contribution in [0.2, 0.25) is 0 Å². The molecule has 0 saturated carbocycles. The zero-order valence-electron chi connectivity index (χ0n) is 17.8. The molecular weight excluding hydrogens is 362 g/mol. The number of nitrogen functional groups attached to an aromatic ring is 1. The number of amides is 1. The van der Waals surface area contributed by atoms with Gasteiger partial charge in [0.15, 0.2) is 5.69 Å². The summed E-state index contributed by atoms with van der Waals surface area (Å²) in [6.07, 6.45) is 1.85. The highest BCUT2D eigenvalue weighted by Crippen LogP contribution is 2.18. The van der Waals surface area contributed by atoms with Crippen LogP contribution >= 0.6 is 0 Å². The predicted molar refractivity (Wildman–Crippen MR) is 112 cm³/mol. The van der Waals surface area contributed by atoms with Gasteiger partial charge in [0.25, 0.3) is 5.56 Å². The van der Waals surface area contributed by atoms with Crippen molar-refractivity contribution in [1.82, 2.24) is 14.5 Å². The van der Waals surface area contributed by atoms with Gasteiger partial charge in [0.1, 0.15) is 5.82 Å². The van der Waals surface area contributed by atoms with E-state index in [-0.39, 0.29) is 43.0 Å². The fourth-order valence-corrected chi connectivity index (χ4v) is 3.11. The van der Waals surface area contributed by atoms with E-state index in [1.807, 2.05) is 13.8 Å². The molecule has 0 bridgehead atoms. The van der Waals surface area contributed by atoms with E-state index in [9.17, 15) is 14.4 Å². The van der Waals surface area contributed by atoms with Crippen molar-refractivity contribution in [2.75, 3.05) is 50.5 Å². The summed E-state index contributed by atoms with van der Waals surface area (Å²) in [7, 11) is 1.52. The number of methoxy groups -OCH3 is 1. The van der Waals surface area contributed by atoms with Crippen molar-refractivity contribution in [1.29, 1.82) is 0 Å². The Morgan fingerprint density at radius 3 is 2.29 bits per heavy atom. The van der Waals surface area contributed by atoms with Gasteiger partial charge < -0.3 is 15.4 Å². The predicted octanol–water partition coefficient (Wildman–Crippen LogP) is 0.876. The summed E-state index contributed by atoms with van der Waals surface area (Å²) in [6.45, 7) is 10.5. The number of nitrogens with two attached hydrogens (primary N) is 1. The first-order chi connectivity index (χ1) is 13.3. The number of ether oxygens (including phenoxy) is 1. The number of carbonyl (C=O) groups excluding carboxylic acids is 1. The van der Waals surface area contributed by atoms with Crippen LogP contribution in [0.3, 0.4) is 0 Å². The molecule has 160 valence electrons. The Kier molecular flexibility index (Phi) is 9.95. The van der Waals surface area contributed by atoms with Gasteiger partial charge >= 0.3 is 5.69 Å². The molecular formula is C19H35N5O4. The number of aromatic amines is 1. The summed E-state index contributed by atoms with van der Waals surface area (Å²) in [4.78, 5) is 43.5. The average molecular weight is 398 g/mol. The van der Waals surface area contributed by atoms with E-state index < -0.39 is 11.2 Å². The third-order valence-electron chi connectivity index (χ3n) is 4.29. The zero-order valence-corrected chi connectivity index (χ0v) is 17.8. The fraction of sp³-hybridized carbons (Fsp3) is 0.737. The van der Waals surface area contributed by atoms with Crippen LogP contribution in [0, 0.1) is 5.92 Å². The summed E-state index contributed by atoms with van der Waals surface area (Å²) in [5, 5.41) is 0. The SMILES string of the molecule is CCCN(CCC)CC(=O)N(CCOC)c1c(N)n(CC(C)C)c(=O)[nH]c1=O. The first-order valence-electron chi connectivity index (χ1n) is 9.90. The average Bonchev–Trinajstić information content (AvgIpc) is 2.61.